The summed E-state index contributed by atoms with van der Waals surface area (Å²) in [6, 6.07) is 9.75. The molecule has 0 bridgehead atoms. The lowest BCUT2D eigenvalue weighted by Crippen LogP contribution is -2.41. The number of aliphatic hydroxyl groups is 1. The summed E-state index contributed by atoms with van der Waals surface area (Å²) in [5.41, 5.74) is 6.80. The van der Waals surface area contributed by atoms with Crippen molar-refractivity contribution < 1.29 is 5.11 Å². The number of nitrogen functional groups attached to an aromatic ring is 1. The number of piperidine rings is 1. The molecule has 1 fully saturated rings. The van der Waals surface area contributed by atoms with Crippen molar-refractivity contribution in [3.8, 4) is 0 Å². The van der Waals surface area contributed by atoms with Crippen LogP contribution in [-0.4, -0.2) is 44.2 Å². The van der Waals surface area contributed by atoms with Crippen LogP contribution in [0.15, 0.2) is 30.3 Å². The zero-order chi connectivity index (χ0) is 17.8. The summed E-state index contributed by atoms with van der Waals surface area (Å²) in [5, 5.41) is 13.1. The molecule has 1 aromatic heterocycles. The normalized spacial score (nSPS) is 20.8. The van der Waals surface area contributed by atoms with Crippen LogP contribution in [0.5, 0.6) is 0 Å². The Morgan fingerprint density at radius 3 is 2.68 bits per heavy atom. The van der Waals surface area contributed by atoms with Crippen LogP contribution in [0.4, 0.5) is 17.6 Å². The van der Waals surface area contributed by atoms with Crippen LogP contribution < -0.4 is 11.1 Å². The van der Waals surface area contributed by atoms with Crippen LogP contribution in [0, 0.1) is 5.92 Å². The molecule has 7 heteroatoms. The van der Waals surface area contributed by atoms with Gasteiger partial charge in [-0.15, -0.1) is 0 Å². The highest BCUT2D eigenvalue weighted by atomic mass is 16.3. The van der Waals surface area contributed by atoms with Crippen molar-refractivity contribution in [3.05, 3.63) is 36.2 Å². The maximum absolute atomic E-state index is 9.90. The second-order valence-electron chi connectivity index (χ2n) is 6.68. The van der Waals surface area contributed by atoms with Crippen molar-refractivity contribution in [2.24, 2.45) is 5.92 Å². The fraction of sp³-hybridized carbons (Fsp3) is 0.500. The SMILES string of the molecule is CC(O)C1CCCN(C(C)c2nc(N)nc(Nc3ccccc3)n2)C1. The first kappa shape index (κ1) is 17.6. The Morgan fingerprint density at radius 1 is 1.20 bits per heavy atom. The number of likely N-dealkylation sites (tertiary alicyclic amines) is 1. The lowest BCUT2D eigenvalue weighted by atomic mass is 9.92. The van der Waals surface area contributed by atoms with E-state index in [-0.39, 0.29) is 24.0 Å². The average molecular weight is 342 g/mol. The summed E-state index contributed by atoms with van der Waals surface area (Å²) >= 11 is 0. The van der Waals surface area contributed by atoms with E-state index in [4.69, 9.17) is 5.73 Å². The van der Waals surface area contributed by atoms with E-state index in [1.54, 1.807) is 0 Å². The van der Waals surface area contributed by atoms with Crippen LogP contribution in [0.3, 0.4) is 0 Å². The van der Waals surface area contributed by atoms with Crippen LogP contribution in [0.1, 0.15) is 38.6 Å². The number of aromatic nitrogens is 3. The smallest absolute Gasteiger partial charge is 0.232 e. The number of nitrogens with one attached hydrogen (secondary N) is 1. The van der Waals surface area contributed by atoms with Gasteiger partial charge in [0.2, 0.25) is 11.9 Å². The highest BCUT2D eigenvalue weighted by molar-refractivity contribution is 5.53. The molecule has 4 N–H and O–H groups in total. The number of aliphatic hydroxyl groups excluding tert-OH is 1. The first-order chi connectivity index (χ1) is 12.0. The molecule has 2 aromatic rings. The zero-order valence-corrected chi connectivity index (χ0v) is 14.8. The predicted molar refractivity (Wildman–Crippen MR) is 98.4 cm³/mol. The minimum atomic E-state index is -0.297. The molecule has 2 heterocycles. The summed E-state index contributed by atoms with van der Waals surface area (Å²) < 4.78 is 0. The lowest BCUT2D eigenvalue weighted by molar-refractivity contribution is 0.0454. The minimum Gasteiger partial charge on any atom is -0.393 e. The maximum Gasteiger partial charge on any atom is 0.232 e. The van der Waals surface area contributed by atoms with Gasteiger partial charge >= 0.3 is 0 Å². The van der Waals surface area contributed by atoms with Crippen LogP contribution in [-0.2, 0) is 0 Å². The molecule has 1 aliphatic heterocycles. The van der Waals surface area contributed by atoms with Gasteiger partial charge in [0.25, 0.3) is 0 Å². The Hall–Kier alpha value is -2.25. The average Bonchev–Trinajstić information content (AvgIpc) is 2.61. The molecule has 3 atom stereocenters. The van der Waals surface area contributed by atoms with E-state index in [1.165, 1.54) is 0 Å². The van der Waals surface area contributed by atoms with Gasteiger partial charge in [0.1, 0.15) is 0 Å². The molecule has 3 rings (SSSR count). The molecule has 0 saturated carbocycles. The van der Waals surface area contributed by atoms with E-state index < -0.39 is 0 Å². The van der Waals surface area contributed by atoms with Crippen molar-refractivity contribution in [2.75, 3.05) is 24.1 Å². The van der Waals surface area contributed by atoms with Crippen molar-refractivity contribution in [1.82, 2.24) is 19.9 Å². The maximum atomic E-state index is 9.90. The Morgan fingerprint density at radius 2 is 1.96 bits per heavy atom. The standard InChI is InChI=1S/C18H26N6O/c1-12(24-10-6-7-14(11-24)13(2)25)16-21-17(19)23-18(22-16)20-15-8-4-3-5-9-15/h3-5,8-9,12-14,25H,6-7,10-11H2,1-2H3,(H3,19,20,21,22,23). The first-order valence-corrected chi connectivity index (χ1v) is 8.78. The number of hydrogen-bond acceptors (Lipinski definition) is 7. The third-order valence-corrected chi connectivity index (χ3v) is 4.79. The molecule has 3 unspecified atom stereocenters. The zero-order valence-electron chi connectivity index (χ0n) is 14.8. The molecule has 1 aliphatic rings. The molecule has 1 aromatic carbocycles. The Kier molecular flexibility index (Phi) is 5.45. The van der Waals surface area contributed by atoms with Crippen LogP contribution in [0.2, 0.25) is 0 Å². The summed E-state index contributed by atoms with van der Waals surface area (Å²) in [7, 11) is 0. The van der Waals surface area contributed by atoms with E-state index in [0.29, 0.717) is 11.8 Å². The number of nitrogens with zero attached hydrogens (tertiary/aromatic N) is 4. The molecular formula is C18H26N6O. The lowest BCUT2D eigenvalue weighted by Gasteiger charge is -2.37. The van der Waals surface area contributed by atoms with Crippen molar-refractivity contribution in [2.45, 2.75) is 38.8 Å². The van der Waals surface area contributed by atoms with E-state index >= 15 is 0 Å². The largest absolute Gasteiger partial charge is 0.393 e. The number of rotatable bonds is 5. The van der Waals surface area contributed by atoms with Gasteiger partial charge in [0.15, 0.2) is 5.82 Å². The van der Waals surface area contributed by atoms with Gasteiger partial charge in [-0.1, -0.05) is 18.2 Å². The fourth-order valence-corrected chi connectivity index (χ4v) is 3.25. The van der Waals surface area contributed by atoms with Gasteiger partial charge in [0, 0.05) is 12.2 Å². The van der Waals surface area contributed by atoms with Crippen LogP contribution >= 0.6 is 0 Å². The monoisotopic (exact) mass is 342 g/mol. The van der Waals surface area contributed by atoms with Crippen molar-refractivity contribution >= 4 is 17.6 Å². The van der Waals surface area contributed by atoms with E-state index in [1.807, 2.05) is 37.3 Å². The minimum absolute atomic E-state index is 0.0168. The van der Waals surface area contributed by atoms with Crippen molar-refractivity contribution in [3.63, 3.8) is 0 Å². The van der Waals surface area contributed by atoms with Gasteiger partial charge in [-0.3, -0.25) is 4.90 Å². The first-order valence-electron chi connectivity index (χ1n) is 8.78. The van der Waals surface area contributed by atoms with Crippen molar-refractivity contribution in [1.29, 1.82) is 0 Å². The van der Waals surface area contributed by atoms with Crippen LogP contribution in [0.25, 0.3) is 0 Å². The highest BCUT2D eigenvalue weighted by Gasteiger charge is 2.28. The van der Waals surface area contributed by atoms with Gasteiger partial charge in [-0.05, 0) is 51.3 Å². The molecule has 0 radical (unpaired) electrons. The molecule has 0 aliphatic carbocycles. The predicted octanol–water partition coefficient (Wildman–Crippen LogP) is 2.35. The fourth-order valence-electron chi connectivity index (χ4n) is 3.25. The molecule has 1 saturated heterocycles. The number of benzene rings is 1. The Bertz CT molecular complexity index is 693. The summed E-state index contributed by atoms with van der Waals surface area (Å²) in [4.78, 5) is 15.4. The number of para-hydroxylation sites is 1. The van der Waals surface area contributed by atoms with E-state index in [2.05, 4.69) is 32.1 Å². The summed E-state index contributed by atoms with van der Waals surface area (Å²) in [5.74, 6) is 1.60. The Balaban J connectivity index is 1.77. The quantitative estimate of drug-likeness (QED) is 0.767. The van der Waals surface area contributed by atoms with Gasteiger partial charge in [-0.2, -0.15) is 15.0 Å². The molecule has 25 heavy (non-hydrogen) atoms. The highest BCUT2D eigenvalue weighted by Crippen LogP contribution is 2.27. The molecule has 0 spiro atoms. The second kappa shape index (κ2) is 7.76. The molecule has 0 amide bonds. The third kappa shape index (κ3) is 4.43. The van der Waals surface area contributed by atoms with Gasteiger partial charge < -0.3 is 16.2 Å². The number of anilines is 3. The third-order valence-electron chi connectivity index (χ3n) is 4.79. The van der Waals surface area contributed by atoms with Gasteiger partial charge in [-0.25, -0.2) is 0 Å². The number of hydrogen-bond donors (Lipinski definition) is 3. The molecule has 134 valence electrons. The molecular weight excluding hydrogens is 316 g/mol. The Labute approximate surface area is 148 Å². The summed E-state index contributed by atoms with van der Waals surface area (Å²) in [6.45, 7) is 5.75. The molecule has 7 nitrogen and oxygen atoms in total. The van der Waals surface area contributed by atoms with Gasteiger partial charge in [0.05, 0.1) is 12.1 Å². The van der Waals surface area contributed by atoms with E-state index in [0.717, 1.165) is 31.6 Å². The summed E-state index contributed by atoms with van der Waals surface area (Å²) in [6.07, 6.45) is 1.82. The topological polar surface area (TPSA) is 100 Å². The second-order valence-corrected chi connectivity index (χ2v) is 6.68. The van der Waals surface area contributed by atoms with E-state index in [9.17, 15) is 5.11 Å². The number of nitrogens with two attached hydrogens (primary N) is 1.